The second-order valence-corrected chi connectivity index (χ2v) is 5.19. The van der Waals surface area contributed by atoms with Crippen molar-refractivity contribution in [3.8, 4) is 0 Å². The molecule has 98 valence electrons. The first-order valence-electron chi connectivity index (χ1n) is 7.19. The van der Waals surface area contributed by atoms with Crippen molar-refractivity contribution in [3.05, 3.63) is 29.8 Å². The third kappa shape index (κ3) is 3.59. The number of ketones is 1. The highest BCUT2D eigenvalue weighted by Gasteiger charge is 2.11. The summed E-state index contributed by atoms with van der Waals surface area (Å²) in [4.78, 5) is 11.5. The number of rotatable bonds is 4. The van der Waals surface area contributed by atoms with Gasteiger partial charge in [0.05, 0.1) is 0 Å². The van der Waals surface area contributed by atoms with Crippen LogP contribution >= 0.6 is 0 Å². The number of hydrogen-bond acceptors (Lipinski definition) is 2. The van der Waals surface area contributed by atoms with Gasteiger partial charge in [-0.25, -0.2) is 0 Å². The zero-order valence-electron chi connectivity index (χ0n) is 11.2. The van der Waals surface area contributed by atoms with Gasteiger partial charge in [0.1, 0.15) is 0 Å². The zero-order valence-corrected chi connectivity index (χ0v) is 11.2. The van der Waals surface area contributed by atoms with E-state index in [9.17, 15) is 4.79 Å². The van der Waals surface area contributed by atoms with Crippen molar-refractivity contribution in [1.82, 2.24) is 0 Å². The minimum atomic E-state index is 0.219. The van der Waals surface area contributed by atoms with Crippen LogP contribution in [0.1, 0.15) is 62.2 Å². The Labute approximate surface area is 110 Å². The summed E-state index contributed by atoms with van der Waals surface area (Å²) in [6.45, 7) is 1.90. The van der Waals surface area contributed by atoms with Crippen LogP contribution in [0.2, 0.25) is 0 Å². The van der Waals surface area contributed by atoms with E-state index in [0.717, 1.165) is 11.3 Å². The fourth-order valence-corrected chi connectivity index (χ4v) is 2.62. The van der Waals surface area contributed by atoms with Gasteiger partial charge in [0.2, 0.25) is 0 Å². The van der Waals surface area contributed by atoms with E-state index in [2.05, 4.69) is 5.32 Å². The fraction of sp³-hybridized carbons (Fsp3) is 0.562. The van der Waals surface area contributed by atoms with E-state index in [4.69, 9.17) is 0 Å². The Morgan fingerprint density at radius 3 is 2.28 bits per heavy atom. The fourth-order valence-electron chi connectivity index (χ4n) is 2.62. The Balaban J connectivity index is 1.94. The molecule has 1 aliphatic carbocycles. The molecule has 1 N–H and O–H groups in total. The van der Waals surface area contributed by atoms with Crippen LogP contribution in [0.15, 0.2) is 24.3 Å². The van der Waals surface area contributed by atoms with E-state index in [1.807, 2.05) is 31.2 Å². The molecule has 0 amide bonds. The number of Topliss-reactive ketones (excluding diaryl/α,β-unsaturated/α-hetero) is 1. The maximum absolute atomic E-state index is 11.5. The topological polar surface area (TPSA) is 29.1 Å². The Morgan fingerprint density at radius 2 is 1.72 bits per heavy atom. The molecule has 1 fully saturated rings. The molecule has 2 rings (SSSR count). The molecule has 0 radical (unpaired) electrons. The molecule has 0 spiro atoms. The number of nitrogens with one attached hydrogen (secondary N) is 1. The molecule has 0 aromatic heterocycles. The lowest BCUT2D eigenvalue weighted by molar-refractivity contribution is 0.0988. The van der Waals surface area contributed by atoms with Crippen LogP contribution in [0, 0.1) is 0 Å². The predicted molar refractivity (Wildman–Crippen MR) is 76.2 cm³/mol. The Hall–Kier alpha value is -1.31. The summed E-state index contributed by atoms with van der Waals surface area (Å²) in [6.07, 6.45) is 8.55. The predicted octanol–water partition coefficient (Wildman–Crippen LogP) is 4.41. The second kappa shape index (κ2) is 6.58. The minimum Gasteiger partial charge on any atom is -0.382 e. The van der Waals surface area contributed by atoms with E-state index in [1.54, 1.807) is 0 Å². The van der Waals surface area contributed by atoms with Gasteiger partial charge in [-0.15, -0.1) is 0 Å². The summed E-state index contributed by atoms with van der Waals surface area (Å²) in [5, 5.41) is 3.59. The normalized spacial score (nSPS) is 17.2. The highest BCUT2D eigenvalue weighted by atomic mass is 16.1. The Bertz CT molecular complexity index is 375. The highest BCUT2D eigenvalue weighted by Crippen LogP contribution is 2.21. The van der Waals surface area contributed by atoms with Crippen LogP contribution in [0.3, 0.4) is 0 Å². The summed E-state index contributed by atoms with van der Waals surface area (Å²) in [6, 6.07) is 8.55. The number of anilines is 1. The van der Waals surface area contributed by atoms with Crippen molar-refractivity contribution in [1.29, 1.82) is 0 Å². The van der Waals surface area contributed by atoms with Gasteiger partial charge in [0.15, 0.2) is 5.78 Å². The molecule has 2 nitrogen and oxygen atoms in total. The van der Waals surface area contributed by atoms with Gasteiger partial charge in [-0.2, -0.15) is 0 Å². The molecular formula is C16H23NO. The van der Waals surface area contributed by atoms with Gasteiger partial charge < -0.3 is 5.32 Å². The SMILES string of the molecule is CCC(=O)c1ccc(NC2CCCCCC2)cc1. The third-order valence-electron chi connectivity index (χ3n) is 3.75. The molecule has 1 aliphatic rings. The molecule has 1 aromatic carbocycles. The average molecular weight is 245 g/mol. The lowest BCUT2D eigenvalue weighted by Crippen LogP contribution is -2.18. The van der Waals surface area contributed by atoms with E-state index >= 15 is 0 Å². The summed E-state index contributed by atoms with van der Waals surface area (Å²) in [5.41, 5.74) is 1.97. The van der Waals surface area contributed by atoms with Crippen molar-refractivity contribution in [2.24, 2.45) is 0 Å². The van der Waals surface area contributed by atoms with E-state index in [-0.39, 0.29) is 5.78 Å². The molecule has 0 heterocycles. The second-order valence-electron chi connectivity index (χ2n) is 5.19. The monoisotopic (exact) mass is 245 g/mol. The number of carbonyl (C=O) groups excluding carboxylic acids is 1. The van der Waals surface area contributed by atoms with E-state index in [0.29, 0.717) is 12.5 Å². The zero-order chi connectivity index (χ0) is 12.8. The maximum Gasteiger partial charge on any atom is 0.162 e. The summed E-state index contributed by atoms with van der Waals surface area (Å²) in [5.74, 6) is 0.219. The molecule has 1 saturated carbocycles. The standard InChI is InChI=1S/C16H23NO/c1-2-16(18)13-9-11-15(12-10-13)17-14-7-5-3-4-6-8-14/h9-12,14,17H,2-8H2,1H3. The lowest BCUT2D eigenvalue weighted by atomic mass is 10.1. The molecule has 0 unspecified atom stereocenters. The number of carbonyl (C=O) groups is 1. The maximum atomic E-state index is 11.5. The molecule has 1 aromatic rings. The van der Waals surface area contributed by atoms with Crippen LogP contribution in [-0.4, -0.2) is 11.8 Å². The smallest absolute Gasteiger partial charge is 0.162 e. The van der Waals surface area contributed by atoms with Gasteiger partial charge in [0, 0.05) is 23.7 Å². The van der Waals surface area contributed by atoms with Gasteiger partial charge in [-0.1, -0.05) is 32.6 Å². The molecule has 0 saturated heterocycles. The van der Waals surface area contributed by atoms with E-state index < -0.39 is 0 Å². The summed E-state index contributed by atoms with van der Waals surface area (Å²) >= 11 is 0. The van der Waals surface area contributed by atoms with Crippen LogP contribution < -0.4 is 5.32 Å². The highest BCUT2D eigenvalue weighted by molar-refractivity contribution is 5.96. The first kappa shape index (κ1) is 13.1. The van der Waals surface area contributed by atoms with Crippen LogP contribution in [0.5, 0.6) is 0 Å². The van der Waals surface area contributed by atoms with Gasteiger partial charge in [0.25, 0.3) is 0 Å². The largest absolute Gasteiger partial charge is 0.382 e. The molecule has 0 bridgehead atoms. The average Bonchev–Trinajstić information content (AvgIpc) is 2.67. The number of hydrogen-bond donors (Lipinski definition) is 1. The van der Waals surface area contributed by atoms with Crippen molar-refractivity contribution in [2.45, 2.75) is 57.9 Å². The van der Waals surface area contributed by atoms with Crippen LogP contribution in [0.25, 0.3) is 0 Å². The van der Waals surface area contributed by atoms with Crippen molar-refractivity contribution in [3.63, 3.8) is 0 Å². The summed E-state index contributed by atoms with van der Waals surface area (Å²) < 4.78 is 0. The first-order valence-corrected chi connectivity index (χ1v) is 7.19. The van der Waals surface area contributed by atoms with Gasteiger partial charge in [-0.3, -0.25) is 4.79 Å². The molecule has 0 atom stereocenters. The van der Waals surface area contributed by atoms with Crippen LogP contribution in [-0.2, 0) is 0 Å². The quantitative estimate of drug-likeness (QED) is 0.628. The van der Waals surface area contributed by atoms with Gasteiger partial charge in [-0.05, 0) is 37.1 Å². The Kier molecular flexibility index (Phi) is 4.80. The molecule has 0 aliphatic heterocycles. The van der Waals surface area contributed by atoms with Crippen LogP contribution in [0.4, 0.5) is 5.69 Å². The molecular weight excluding hydrogens is 222 g/mol. The lowest BCUT2D eigenvalue weighted by Gasteiger charge is -2.17. The molecule has 2 heteroatoms. The molecule has 18 heavy (non-hydrogen) atoms. The van der Waals surface area contributed by atoms with E-state index in [1.165, 1.54) is 38.5 Å². The van der Waals surface area contributed by atoms with Crippen molar-refractivity contribution in [2.75, 3.05) is 5.32 Å². The third-order valence-corrected chi connectivity index (χ3v) is 3.75. The number of benzene rings is 1. The first-order chi connectivity index (χ1) is 8.79. The van der Waals surface area contributed by atoms with Gasteiger partial charge >= 0.3 is 0 Å². The summed E-state index contributed by atoms with van der Waals surface area (Å²) in [7, 11) is 0. The van der Waals surface area contributed by atoms with Crippen molar-refractivity contribution >= 4 is 11.5 Å². The Morgan fingerprint density at radius 1 is 1.11 bits per heavy atom. The van der Waals surface area contributed by atoms with Crippen molar-refractivity contribution < 1.29 is 4.79 Å². The minimum absolute atomic E-state index is 0.219.